The molecule has 0 saturated carbocycles. The maximum Gasteiger partial charge on any atom is 0.416 e. The lowest BCUT2D eigenvalue weighted by molar-refractivity contribution is -0.137. The van der Waals surface area contributed by atoms with Gasteiger partial charge >= 0.3 is 6.18 Å². The van der Waals surface area contributed by atoms with Crippen LogP contribution < -0.4 is 0 Å². The fourth-order valence-electron chi connectivity index (χ4n) is 1.60. The number of rotatable bonds is 2. The van der Waals surface area contributed by atoms with E-state index in [9.17, 15) is 13.2 Å². The van der Waals surface area contributed by atoms with E-state index in [1.165, 1.54) is 12.1 Å². The van der Waals surface area contributed by atoms with Gasteiger partial charge in [-0.2, -0.15) is 13.2 Å². The average molecular weight is 257 g/mol. The second-order valence-corrected chi connectivity index (χ2v) is 3.81. The third-order valence-corrected chi connectivity index (χ3v) is 2.65. The molecule has 0 aliphatic rings. The van der Waals surface area contributed by atoms with Crippen molar-refractivity contribution in [3.05, 3.63) is 41.2 Å². The van der Waals surface area contributed by atoms with Gasteiger partial charge in [0.25, 0.3) is 0 Å². The predicted octanol–water partition coefficient (Wildman–Crippen LogP) is 3.16. The van der Waals surface area contributed by atoms with Gasteiger partial charge in [0.1, 0.15) is 12.3 Å². The fourth-order valence-corrected chi connectivity index (χ4v) is 1.60. The maximum atomic E-state index is 12.4. The molecule has 0 radical (unpaired) electrons. The topological polar surface area (TPSA) is 46.3 Å². The van der Waals surface area contributed by atoms with Gasteiger partial charge in [0.15, 0.2) is 5.76 Å². The minimum Gasteiger partial charge on any atom is -0.388 e. The molecule has 6 heteroatoms. The molecule has 0 aliphatic carbocycles. The SMILES string of the molecule is Cc1c(-c2ccc(C(F)(F)F)cc2)noc1CO. The minimum absolute atomic E-state index is 0.292. The summed E-state index contributed by atoms with van der Waals surface area (Å²) in [5.74, 6) is 0.310. The first-order valence-electron chi connectivity index (χ1n) is 5.17. The molecule has 0 unspecified atom stereocenters. The van der Waals surface area contributed by atoms with Crippen LogP contribution in [0, 0.1) is 6.92 Å². The predicted molar refractivity (Wildman–Crippen MR) is 57.6 cm³/mol. The molecule has 2 rings (SSSR count). The summed E-state index contributed by atoms with van der Waals surface area (Å²) in [6.45, 7) is 1.40. The van der Waals surface area contributed by atoms with Crippen molar-refractivity contribution in [2.24, 2.45) is 0 Å². The second-order valence-electron chi connectivity index (χ2n) is 3.81. The number of halogens is 3. The van der Waals surface area contributed by atoms with E-state index in [2.05, 4.69) is 5.16 Å². The van der Waals surface area contributed by atoms with Crippen molar-refractivity contribution in [1.29, 1.82) is 0 Å². The lowest BCUT2D eigenvalue weighted by Gasteiger charge is -2.06. The number of hydrogen-bond donors (Lipinski definition) is 1. The summed E-state index contributed by atoms with van der Waals surface area (Å²) in [4.78, 5) is 0. The summed E-state index contributed by atoms with van der Waals surface area (Å²) in [5.41, 5.74) is 0.865. The van der Waals surface area contributed by atoms with E-state index in [0.717, 1.165) is 12.1 Å². The Morgan fingerprint density at radius 2 is 1.83 bits per heavy atom. The third-order valence-electron chi connectivity index (χ3n) is 2.65. The molecule has 3 nitrogen and oxygen atoms in total. The first-order valence-corrected chi connectivity index (χ1v) is 5.17. The molecule has 18 heavy (non-hydrogen) atoms. The van der Waals surface area contributed by atoms with Crippen LogP contribution in [-0.2, 0) is 12.8 Å². The largest absolute Gasteiger partial charge is 0.416 e. The molecule has 0 fully saturated rings. The molecule has 1 N–H and O–H groups in total. The van der Waals surface area contributed by atoms with Crippen molar-refractivity contribution in [3.8, 4) is 11.3 Å². The molecule has 96 valence electrons. The van der Waals surface area contributed by atoms with E-state index in [-0.39, 0.29) is 6.61 Å². The Morgan fingerprint density at radius 1 is 1.22 bits per heavy atom. The van der Waals surface area contributed by atoms with E-state index in [1.807, 2.05) is 0 Å². The molecule has 1 aromatic heterocycles. The Kier molecular flexibility index (Phi) is 3.13. The minimum atomic E-state index is -4.35. The Hall–Kier alpha value is -1.82. The highest BCUT2D eigenvalue weighted by Crippen LogP contribution is 2.31. The number of alkyl halides is 3. The molecular weight excluding hydrogens is 247 g/mol. The molecule has 0 atom stereocenters. The lowest BCUT2D eigenvalue weighted by Crippen LogP contribution is -2.04. The standard InChI is InChI=1S/C12H10F3NO2/c1-7-10(6-17)18-16-11(7)8-2-4-9(5-3-8)12(13,14)15/h2-5,17H,6H2,1H3. The molecule has 0 aliphatic heterocycles. The number of benzene rings is 1. The van der Waals surface area contributed by atoms with Crippen LogP contribution in [-0.4, -0.2) is 10.3 Å². The number of aliphatic hydroxyl groups excluding tert-OH is 1. The van der Waals surface area contributed by atoms with Crippen LogP contribution in [0.3, 0.4) is 0 Å². The van der Waals surface area contributed by atoms with Crippen molar-refractivity contribution >= 4 is 0 Å². The van der Waals surface area contributed by atoms with E-state index in [4.69, 9.17) is 9.63 Å². The maximum absolute atomic E-state index is 12.4. The first kappa shape index (κ1) is 12.6. The van der Waals surface area contributed by atoms with Gasteiger partial charge < -0.3 is 9.63 Å². The molecule has 0 amide bonds. The molecule has 1 heterocycles. The van der Waals surface area contributed by atoms with E-state index in [0.29, 0.717) is 22.6 Å². The summed E-state index contributed by atoms with van der Waals surface area (Å²) in [6.07, 6.45) is -4.35. The average Bonchev–Trinajstić information content (AvgIpc) is 2.69. The van der Waals surface area contributed by atoms with Crippen molar-refractivity contribution in [3.63, 3.8) is 0 Å². The van der Waals surface area contributed by atoms with E-state index in [1.54, 1.807) is 6.92 Å². The number of hydrogen-bond acceptors (Lipinski definition) is 3. The van der Waals surface area contributed by atoms with Crippen LogP contribution >= 0.6 is 0 Å². The quantitative estimate of drug-likeness (QED) is 0.898. The number of nitrogens with zero attached hydrogens (tertiary/aromatic N) is 1. The van der Waals surface area contributed by atoms with Gasteiger partial charge in [-0.1, -0.05) is 17.3 Å². The molecule has 0 saturated heterocycles. The van der Waals surface area contributed by atoms with Crippen LogP contribution in [0.1, 0.15) is 16.9 Å². The lowest BCUT2D eigenvalue weighted by atomic mass is 10.1. The molecule has 1 aromatic carbocycles. The zero-order chi connectivity index (χ0) is 13.3. The van der Waals surface area contributed by atoms with Crippen LogP contribution in [0.4, 0.5) is 13.2 Å². The van der Waals surface area contributed by atoms with Gasteiger partial charge in [-0.15, -0.1) is 0 Å². The summed E-state index contributed by atoms with van der Waals surface area (Å²) >= 11 is 0. The van der Waals surface area contributed by atoms with Crippen molar-refractivity contribution in [2.75, 3.05) is 0 Å². The van der Waals surface area contributed by atoms with Crippen LogP contribution in [0.2, 0.25) is 0 Å². The van der Waals surface area contributed by atoms with Crippen LogP contribution in [0.25, 0.3) is 11.3 Å². The second kappa shape index (κ2) is 4.45. The number of aliphatic hydroxyl groups is 1. The monoisotopic (exact) mass is 257 g/mol. The normalized spacial score (nSPS) is 11.8. The summed E-state index contributed by atoms with van der Waals surface area (Å²) in [5, 5.41) is 12.7. The summed E-state index contributed by atoms with van der Waals surface area (Å²) in [6, 6.07) is 4.63. The van der Waals surface area contributed by atoms with Crippen molar-refractivity contribution in [1.82, 2.24) is 5.16 Å². The van der Waals surface area contributed by atoms with Crippen LogP contribution in [0.5, 0.6) is 0 Å². The summed E-state index contributed by atoms with van der Waals surface area (Å²) < 4.78 is 42.1. The zero-order valence-electron chi connectivity index (χ0n) is 9.45. The van der Waals surface area contributed by atoms with Gasteiger partial charge in [-0.3, -0.25) is 0 Å². The van der Waals surface area contributed by atoms with Crippen LogP contribution in [0.15, 0.2) is 28.8 Å². The first-order chi connectivity index (χ1) is 8.43. The molecule has 0 bridgehead atoms. The van der Waals surface area contributed by atoms with Gasteiger partial charge in [0.2, 0.25) is 0 Å². The Morgan fingerprint density at radius 3 is 2.28 bits per heavy atom. The number of aromatic nitrogens is 1. The van der Waals surface area contributed by atoms with Crippen molar-refractivity contribution < 1.29 is 22.8 Å². The van der Waals surface area contributed by atoms with Gasteiger partial charge in [0.05, 0.1) is 5.56 Å². The highest BCUT2D eigenvalue weighted by molar-refractivity contribution is 5.63. The van der Waals surface area contributed by atoms with Crippen molar-refractivity contribution in [2.45, 2.75) is 19.7 Å². The molecule has 2 aromatic rings. The molecule has 0 spiro atoms. The molecular formula is C12H10F3NO2. The Balaban J connectivity index is 2.37. The highest BCUT2D eigenvalue weighted by Gasteiger charge is 2.30. The van der Waals surface area contributed by atoms with E-state index >= 15 is 0 Å². The smallest absolute Gasteiger partial charge is 0.388 e. The van der Waals surface area contributed by atoms with E-state index < -0.39 is 11.7 Å². The third kappa shape index (κ3) is 2.24. The van der Waals surface area contributed by atoms with Gasteiger partial charge in [0, 0.05) is 11.1 Å². The zero-order valence-corrected chi connectivity index (χ0v) is 9.45. The fraction of sp³-hybridized carbons (Fsp3) is 0.250. The van der Waals surface area contributed by atoms with Gasteiger partial charge in [-0.25, -0.2) is 0 Å². The summed E-state index contributed by atoms with van der Waals surface area (Å²) in [7, 11) is 0. The highest BCUT2D eigenvalue weighted by atomic mass is 19.4. The Bertz CT molecular complexity index is 543. The Labute approximate surface area is 101 Å². The van der Waals surface area contributed by atoms with Gasteiger partial charge in [-0.05, 0) is 19.1 Å².